The summed E-state index contributed by atoms with van der Waals surface area (Å²) < 4.78 is 31.4. The first kappa shape index (κ1) is 23.3. The Morgan fingerprint density at radius 2 is 1.18 bits per heavy atom. The molecule has 0 amide bonds. The lowest BCUT2D eigenvalue weighted by atomic mass is 9.88. The zero-order valence-electron chi connectivity index (χ0n) is 16.5. The van der Waals surface area contributed by atoms with Crippen molar-refractivity contribution in [3.8, 4) is 0 Å². The normalized spacial score (nSPS) is 29.2. The van der Waals surface area contributed by atoms with Crippen molar-refractivity contribution in [2.45, 2.75) is 71.7 Å². The number of rotatable bonds is 6. The van der Waals surface area contributed by atoms with Gasteiger partial charge in [-0.25, -0.2) is 0 Å². The van der Waals surface area contributed by atoms with Crippen LogP contribution >= 0.6 is 0 Å². The lowest BCUT2D eigenvalue weighted by molar-refractivity contribution is -0.329. The highest BCUT2D eigenvalue weighted by Gasteiger charge is 2.59. The van der Waals surface area contributed by atoms with Crippen LogP contribution in [0.3, 0.4) is 0 Å². The standard InChI is InChI=1S/C17H24O11/c1-8(18)23-7-17(6)15(26-11(4)21)13(24-9(2)19)14(25-10(3)20)16(28-17)27-12(5)22/h13-16H,7H2,1-6H3/t13-,14+,15+,16?,17-/m1/s1. The summed E-state index contributed by atoms with van der Waals surface area (Å²) in [5, 5.41) is 0. The van der Waals surface area contributed by atoms with Gasteiger partial charge in [0, 0.05) is 34.6 Å². The zero-order valence-corrected chi connectivity index (χ0v) is 16.5. The van der Waals surface area contributed by atoms with Crippen LogP contribution in [-0.4, -0.2) is 66.7 Å². The lowest BCUT2D eigenvalue weighted by Crippen LogP contribution is -2.68. The molecule has 1 fully saturated rings. The van der Waals surface area contributed by atoms with Gasteiger partial charge in [0.1, 0.15) is 12.2 Å². The molecular formula is C17H24O11. The maximum absolute atomic E-state index is 11.6. The molecule has 1 unspecified atom stereocenters. The largest absolute Gasteiger partial charge is 0.463 e. The third kappa shape index (κ3) is 6.48. The van der Waals surface area contributed by atoms with E-state index in [1.807, 2.05) is 0 Å². The molecule has 0 aliphatic carbocycles. The molecule has 0 N–H and O–H groups in total. The molecule has 1 aliphatic heterocycles. The quantitative estimate of drug-likeness (QED) is 0.437. The van der Waals surface area contributed by atoms with E-state index in [4.69, 9.17) is 28.4 Å². The van der Waals surface area contributed by atoms with Crippen LogP contribution in [-0.2, 0) is 52.4 Å². The van der Waals surface area contributed by atoms with Gasteiger partial charge in [0.25, 0.3) is 0 Å². The van der Waals surface area contributed by atoms with Crippen LogP contribution in [0.4, 0.5) is 0 Å². The van der Waals surface area contributed by atoms with E-state index >= 15 is 0 Å². The van der Waals surface area contributed by atoms with Crippen LogP contribution in [0.1, 0.15) is 41.5 Å². The van der Waals surface area contributed by atoms with Gasteiger partial charge in [-0.15, -0.1) is 0 Å². The summed E-state index contributed by atoms with van der Waals surface area (Å²) in [4.78, 5) is 57.6. The van der Waals surface area contributed by atoms with Crippen LogP contribution in [0.2, 0.25) is 0 Å². The Bertz CT molecular complexity index is 643. The number of carbonyl (C=O) groups excluding carboxylic acids is 5. The molecule has 0 aromatic carbocycles. The minimum Gasteiger partial charge on any atom is -0.463 e. The third-order valence-electron chi connectivity index (χ3n) is 3.62. The molecule has 1 rings (SSSR count). The van der Waals surface area contributed by atoms with E-state index in [9.17, 15) is 24.0 Å². The molecule has 0 bridgehead atoms. The van der Waals surface area contributed by atoms with Gasteiger partial charge in [-0.05, 0) is 6.92 Å². The first-order valence-electron chi connectivity index (χ1n) is 8.35. The van der Waals surface area contributed by atoms with E-state index in [0.717, 1.165) is 34.6 Å². The number of hydrogen-bond donors (Lipinski definition) is 0. The summed E-state index contributed by atoms with van der Waals surface area (Å²) >= 11 is 0. The van der Waals surface area contributed by atoms with Crippen LogP contribution in [0, 0.1) is 0 Å². The average Bonchev–Trinajstić information content (AvgIpc) is 2.51. The highest BCUT2D eigenvalue weighted by Crippen LogP contribution is 2.36. The van der Waals surface area contributed by atoms with Crippen molar-refractivity contribution in [3.63, 3.8) is 0 Å². The van der Waals surface area contributed by atoms with Crippen LogP contribution in [0.15, 0.2) is 0 Å². The van der Waals surface area contributed by atoms with Crippen molar-refractivity contribution in [2.24, 2.45) is 0 Å². The van der Waals surface area contributed by atoms with Gasteiger partial charge in [0.15, 0.2) is 12.2 Å². The molecule has 0 aromatic heterocycles. The summed E-state index contributed by atoms with van der Waals surface area (Å²) in [5.74, 6) is -3.75. The third-order valence-corrected chi connectivity index (χ3v) is 3.62. The Kier molecular flexibility index (Phi) is 7.91. The van der Waals surface area contributed by atoms with Gasteiger partial charge in [-0.1, -0.05) is 0 Å². The fourth-order valence-electron chi connectivity index (χ4n) is 2.70. The summed E-state index contributed by atoms with van der Waals surface area (Å²) in [6.45, 7) is 6.51. The molecule has 1 heterocycles. The second kappa shape index (κ2) is 9.49. The van der Waals surface area contributed by atoms with Crippen molar-refractivity contribution >= 4 is 29.8 Å². The SMILES string of the molecule is CC(=O)OC[C@@]1(C)OC(OC(C)=O)[C@@H](OC(C)=O)[C@@H](OC(C)=O)[C@@H]1OC(C)=O. The molecule has 11 heteroatoms. The molecule has 0 radical (unpaired) electrons. The summed E-state index contributed by atoms with van der Waals surface area (Å²) in [6, 6.07) is 0. The zero-order chi connectivity index (χ0) is 21.6. The smallest absolute Gasteiger partial charge is 0.305 e. The monoisotopic (exact) mass is 404 g/mol. The molecule has 5 atom stereocenters. The highest BCUT2D eigenvalue weighted by molar-refractivity contribution is 5.69. The van der Waals surface area contributed by atoms with Crippen molar-refractivity contribution in [2.75, 3.05) is 6.61 Å². The Balaban J connectivity index is 3.44. The van der Waals surface area contributed by atoms with Crippen molar-refractivity contribution < 1.29 is 52.4 Å². The minimum absolute atomic E-state index is 0.428. The molecule has 0 spiro atoms. The minimum atomic E-state index is -1.59. The van der Waals surface area contributed by atoms with E-state index in [-0.39, 0.29) is 0 Å². The molecule has 11 nitrogen and oxygen atoms in total. The molecule has 1 aliphatic rings. The van der Waals surface area contributed by atoms with Crippen molar-refractivity contribution in [1.82, 2.24) is 0 Å². The van der Waals surface area contributed by atoms with Gasteiger partial charge in [-0.3, -0.25) is 24.0 Å². The maximum Gasteiger partial charge on any atom is 0.305 e. The highest BCUT2D eigenvalue weighted by atomic mass is 16.8. The second-order valence-corrected chi connectivity index (χ2v) is 6.37. The molecule has 158 valence electrons. The fourth-order valence-corrected chi connectivity index (χ4v) is 2.70. The topological polar surface area (TPSA) is 141 Å². The summed E-state index contributed by atoms with van der Waals surface area (Å²) in [7, 11) is 0. The number of ether oxygens (including phenoxy) is 6. The van der Waals surface area contributed by atoms with Gasteiger partial charge in [0.05, 0.1) is 0 Å². The van der Waals surface area contributed by atoms with Crippen LogP contribution in [0.25, 0.3) is 0 Å². The van der Waals surface area contributed by atoms with Crippen LogP contribution in [0.5, 0.6) is 0 Å². The van der Waals surface area contributed by atoms with Crippen molar-refractivity contribution in [3.05, 3.63) is 0 Å². The Hall–Kier alpha value is -2.69. The first-order valence-corrected chi connectivity index (χ1v) is 8.35. The van der Waals surface area contributed by atoms with E-state index in [2.05, 4.69) is 0 Å². The van der Waals surface area contributed by atoms with Crippen LogP contribution < -0.4 is 0 Å². The second-order valence-electron chi connectivity index (χ2n) is 6.37. The molecule has 1 saturated heterocycles. The Morgan fingerprint density at radius 1 is 0.714 bits per heavy atom. The number of carbonyl (C=O) groups is 5. The van der Waals surface area contributed by atoms with Gasteiger partial charge >= 0.3 is 29.8 Å². The molecule has 28 heavy (non-hydrogen) atoms. The average molecular weight is 404 g/mol. The maximum atomic E-state index is 11.6. The Labute approximate surface area is 161 Å². The van der Waals surface area contributed by atoms with Gasteiger partial charge in [0.2, 0.25) is 12.4 Å². The van der Waals surface area contributed by atoms with E-state index in [1.54, 1.807) is 0 Å². The molecule has 0 saturated carbocycles. The molecular weight excluding hydrogens is 380 g/mol. The predicted molar refractivity (Wildman–Crippen MR) is 88.3 cm³/mol. The van der Waals surface area contributed by atoms with E-state index in [1.165, 1.54) is 6.92 Å². The summed E-state index contributed by atoms with van der Waals surface area (Å²) in [5.41, 5.74) is -1.59. The Morgan fingerprint density at radius 3 is 1.61 bits per heavy atom. The lowest BCUT2D eigenvalue weighted by Gasteiger charge is -2.48. The number of hydrogen-bond acceptors (Lipinski definition) is 11. The predicted octanol–water partition coefficient (Wildman–Crippen LogP) is 0.0227. The molecule has 0 aromatic rings. The fraction of sp³-hybridized carbons (Fsp3) is 0.706. The van der Waals surface area contributed by atoms with E-state index in [0.29, 0.717) is 0 Å². The van der Waals surface area contributed by atoms with E-state index < -0.39 is 66.7 Å². The van der Waals surface area contributed by atoms with Gasteiger partial charge < -0.3 is 28.4 Å². The van der Waals surface area contributed by atoms with Crippen molar-refractivity contribution in [1.29, 1.82) is 0 Å². The van der Waals surface area contributed by atoms with Gasteiger partial charge in [-0.2, -0.15) is 0 Å². The summed E-state index contributed by atoms with van der Waals surface area (Å²) in [6.07, 6.45) is -5.69. The number of esters is 5. The first-order chi connectivity index (χ1) is 12.9.